The molecule has 0 aliphatic carbocycles. The molecule has 0 N–H and O–H groups in total. The molecule has 2 rings (SSSR count). The zero-order chi connectivity index (χ0) is 15.8. The molecule has 3 nitrogen and oxygen atoms in total. The monoisotopic (exact) mass is 286 g/mol. The molecule has 0 bridgehead atoms. The number of benzene rings is 2. The van der Waals surface area contributed by atoms with E-state index in [2.05, 4.69) is 0 Å². The van der Waals surface area contributed by atoms with Crippen molar-refractivity contribution in [3.8, 4) is 17.9 Å². The summed E-state index contributed by atoms with van der Waals surface area (Å²) in [6.45, 7) is 0. The van der Waals surface area contributed by atoms with Gasteiger partial charge in [0.1, 0.15) is 23.5 Å². The average molecular weight is 286 g/mol. The molecule has 3 heteroatoms. The van der Waals surface area contributed by atoms with Gasteiger partial charge < -0.3 is 4.74 Å². The molecule has 2 aromatic rings. The Morgan fingerprint density at radius 1 is 0.955 bits per heavy atom. The van der Waals surface area contributed by atoms with Crippen LogP contribution in [0.2, 0.25) is 0 Å². The standard InChI is InChI=1S/C19H14N2O/c1-22-18-10-7-15(8-11-18)9-12-19(17(13-20)14-21)16-5-3-2-4-6-16/h2-12H,1H3. The summed E-state index contributed by atoms with van der Waals surface area (Å²) in [7, 11) is 1.62. The minimum Gasteiger partial charge on any atom is -0.497 e. The van der Waals surface area contributed by atoms with Gasteiger partial charge in [-0.2, -0.15) is 10.5 Å². The van der Waals surface area contributed by atoms with Gasteiger partial charge in [0.25, 0.3) is 0 Å². The second-order valence-corrected chi connectivity index (χ2v) is 4.48. The first kappa shape index (κ1) is 15.1. The Hall–Kier alpha value is -3.30. The highest BCUT2D eigenvalue weighted by molar-refractivity contribution is 5.85. The van der Waals surface area contributed by atoms with E-state index in [1.807, 2.05) is 72.8 Å². The third-order valence-electron chi connectivity index (χ3n) is 3.14. The summed E-state index contributed by atoms with van der Waals surface area (Å²) in [5.74, 6) is 0.783. The van der Waals surface area contributed by atoms with E-state index < -0.39 is 0 Å². The first-order valence-electron chi connectivity index (χ1n) is 6.70. The van der Waals surface area contributed by atoms with Gasteiger partial charge in [-0.3, -0.25) is 0 Å². The van der Waals surface area contributed by atoms with Crippen molar-refractivity contribution in [3.63, 3.8) is 0 Å². The fraction of sp³-hybridized carbons (Fsp3) is 0.0526. The molecule has 0 saturated carbocycles. The molecule has 0 atom stereocenters. The van der Waals surface area contributed by atoms with Gasteiger partial charge >= 0.3 is 0 Å². The molecule has 106 valence electrons. The quantitative estimate of drug-likeness (QED) is 0.625. The highest BCUT2D eigenvalue weighted by atomic mass is 16.5. The van der Waals surface area contributed by atoms with E-state index >= 15 is 0 Å². The van der Waals surface area contributed by atoms with Crippen LogP contribution in [-0.2, 0) is 0 Å². The van der Waals surface area contributed by atoms with Crippen LogP contribution in [0.25, 0.3) is 11.6 Å². The summed E-state index contributed by atoms with van der Waals surface area (Å²) in [5.41, 5.74) is 2.51. The van der Waals surface area contributed by atoms with Gasteiger partial charge in [0.05, 0.1) is 7.11 Å². The van der Waals surface area contributed by atoms with Crippen molar-refractivity contribution in [2.75, 3.05) is 7.11 Å². The highest BCUT2D eigenvalue weighted by Crippen LogP contribution is 2.21. The summed E-state index contributed by atoms with van der Waals surface area (Å²) >= 11 is 0. The lowest BCUT2D eigenvalue weighted by molar-refractivity contribution is 0.415. The molecule has 0 fully saturated rings. The molecule has 0 amide bonds. The van der Waals surface area contributed by atoms with Gasteiger partial charge in [-0.05, 0) is 23.3 Å². The lowest BCUT2D eigenvalue weighted by Crippen LogP contribution is -1.86. The van der Waals surface area contributed by atoms with Crippen molar-refractivity contribution in [2.45, 2.75) is 0 Å². The molecular formula is C19H14N2O. The van der Waals surface area contributed by atoms with Crippen molar-refractivity contribution in [1.82, 2.24) is 0 Å². The smallest absolute Gasteiger partial charge is 0.137 e. The van der Waals surface area contributed by atoms with E-state index in [-0.39, 0.29) is 5.57 Å². The number of ether oxygens (including phenoxy) is 1. The zero-order valence-electron chi connectivity index (χ0n) is 12.2. The molecule has 0 unspecified atom stereocenters. The number of hydrogen-bond donors (Lipinski definition) is 0. The van der Waals surface area contributed by atoms with Crippen LogP contribution in [0.5, 0.6) is 5.75 Å². The number of nitriles is 2. The predicted molar refractivity (Wildman–Crippen MR) is 86.6 cm³/mol. The predicted octanol–water partition coefficient (Wildman–Crippen LogP) is 4.21. The maximum atomic E-state index is 9.14. The molecule has 0 heterocycles. The maximum Gasteiger partial charge on any atom is 0.137 e. The molecule has 0 spiro atoms. The lowest BCUT2D eigenvalue weighted by atomic mass is 9.99. The number of allylic oxidation sites excluding steroid dienone is 3. The third kappa shape index (κ3) is 3.62. The minimum atomic E-state index is 0.0935. The van der Waals surface area contributed by atoms with Crippen molar-refractivity contribution in [2.24, 2.45) is 0 Å². The first-order chi connectivity index (χ1) is 10.8. The van der Waals surface area contributed by atoms with Gasteiger partial charge in [-0.25, -0.2) is 0 Å². The van der Waals surface area contributed by atoms with Crippen LogP contribution in [0.3, 0.4) is 0 Å². The minimum absolute atomic E-state index is 0.0935. The van der Waals surface area contributed by atoms with Crippen LogP contribution < -0.4 is 4.74 Å². The highest BCUT2D eigenvalue weighted by Gasteiger charge is 2.05. The Kier molecular flexibility index (Phi) is 5.13. The van der Waals surface area contributed by atoms with Crippen molar-refractivity contribution >= 4 is 11.6 Å². The summed E-state index contributed by atoms with van der Waals surface area (Å²) < 4.78 is 5.12. The maximum absolute atomic E-state index is 9.14. The van der Waals surface area contributed by atoms with Crippen LogP contribution in [0.15, 0.2) is 66.2 Å². The van der Waals surface area contributed by atoms with E-state index in [1.54, 1.807) is 13.2 Å². The van der Waals surface area contributed by atoms with Crippen molar-refractivity contribution in [3.05, 3.63) is 77.4 Å². The Morgan fingerprint density at radius 3 is 2.14 bits per heavy atom. The number of methoxy groups -OCH3 is 1. The fourth-order valence-corrected chi connectivity index (χ4v) is 1.98. The van der Waals surface area contributed by atoms with Crippen LogP contribution in [0.1, 0.15) is 11.1 Å². The zero-order valence-corrected chi connectivity index (χ0v) is 12.2. The van der Waals surface area contributed by atoms with Crippen LogP contribution in [-0.4, -0.2) is 7.11 Å². The molecule has 0 aromatic heterocycles. The average Bonchev–Trinajstić information content (AvgIpc) is 2.60. The van der Waals surface area contributed by atoms with E-state index in [1.165, 1.54) is 0 Å². The number of rotatable bonds is 4. The Labute approximate surface area is 130 Å². The Balaban J connectivity index is 2.39. The normalized spacial score (nSPS) is 9.77. The fourth-order valence-electron chi connectivity index (χ4n) is 1.98. The van der Waals surface area contributed by atoms with E-state index in [0.29, 0.717) is 5.57 Å². The second kappa shape index (κ2) is 7.47. The molecule has 2 aromatic carbocycles. The van der Waals surface area contributed by atoms with Gasteiger partial charge in [-0.15, -0.1) is 0 Å². The summed E-state index contributed by atoms with van der Waals surface area (Å²) in [6.07, 6.45) is 3.66. The van der Waals surface area contributed by atoms with Crippen molar-refractivity contribution in [1.29, 1.82) is 10.5 Å². The molecule has 22 heavy (non-hydrogen) atoms. The summed E-state index contributed by atoms with van der Waals surface area (Å²) in [4.78, 5) is 0. The SMILES string of the molecule is COc1ccc(C=CC(=C(C#N)C#N)c2ccccc2)cc1. The van der Waals surface area contributed by atoms with Gasteiger partial charge in [0.2, 0.25) is 0 Å². The van der Waals surface area contributed by atoms with Gasteiger partial charge in [0, 0.05) is 5.57 Å². The van der Waals surface area contributed by atoms with Gasteiger partial charge in [-0.1, -0.05) is 54.6 Å². The van der Waals surface area contributed by atoms with Crippen molar-refractivity contribution < 1.29 is 4.74 Å². The second-order valence-electron chi connectivity index (χ2n) is 4.48. The number of nitrogens with zero attached hydrogens (tertiary/aromatic N) is 2. The summed E-state index contributed by atoms with van der Waals surface area (Å²) in [5, 5.41) is 18.3. The van der Waals surface area contributed by atoms with Crippen LogP contribution in [0, 0.1) is 22.7 Å². The molecule has 0 saturated heterocycles. The van der Waals surface area contributed by atoms with E-state index in [4.69, 9.17) is 15.3 Å². The van der Waals surface area contributed by atoms with E-state index in [0.717, 1.165) is 16.9 Å². The van der Waals surface area contributed by atoms with Gasteiger partial charge in [0.15, 0.2) is 0 Å². The molecular weight excluding hydrogens is 272 g/mol. The van der Waals surface area contributed by atoms with Crippen LogP contribution >= 0.6 is 0 Å². The third-order valence-corrected chi connectivity index (χ3v) is 3.14. The molecule has 0 aliphatic heterocycles. The Bertz CT molecular complexity index is 757. The topological polar surface area (TPSA) is 56.8 Å². The lowest BCUT2D eigenvalue weighted by Gasteiger charge is -2.03. The number of hydrogen-bond acceptors (Lipinski definition) is 3. The van der Waals surface area contributed by atoms with Crippen LogP contribution in [0.4, 0.5) is 0 Å². The largest absolute Gasteiger partial charge is 0.497 e. The summed E-state index contributed by atoms with van der Waals surface area (Å²) in [6, 6.07) is 20.9. The van der Waals surface area contributed by atoms with E-state index in [9.17, 15) is 0 Å². The molecule has 0 radical (unpaired) electrons. The first-order valence-corrected chi connectivity index (χ1v) is 6.70. The molecule has 0 aliphatic rings. The Morgan fingerprint density at radius 2 is 1.59 bits per heavy atom.